The van der Waals surface area contributed by atoms with Gasteiger partial charge in [-0.1, -0.05) is 18.2 Å². The quantitative estimate of drug-likeness (QED) is 0.445. The summed E-state index contributed by atoms with van der Waals surface area (Å²) in [4.78, 5) is 0. The molecule has 0 aromatic rings. The molecule has 50 valence electrons. The molecule has 0 fully saturated rings. The lowest BCUT2D eigenvalue weighted by atomic mass is 9.80. The van der Waals surface area contributed by atoms with Crippen molar-refractivity contribution in [2.24, 2.45) is 0 Å². The second-order valence-corrected chi connectivity index (χ2v) is 2.28. The zero-order valence-electron chi connectivity index (χ0n) is 5.13. The summed E-state index contributed by atoms with van der Waals surface area (Å²) < 4.78 is 0. The van der Waals surface area contributed by atoms with Gasteiger partial charge in [-0.2, -0.15) is 0 Å². The van der Waals surface area contributed by atoms with E-state index in [2.05, 4.69) is 6.58 Å². The van der Waals surface area contributed by atoms with Crippen molar-refractivity contribution in [2.75, 3.05) is 0 Å². The number of halogens is 1. The maximum absolute atomic E-state index is 8.42. The number of allylic oxidation sites excluding steroid dienone is 3. The predicted octanol–water partition coefficient (Wildman–Crippen LogP) is 0.697. The van der Waals surface area contributed by atoms with Crippen LogP contribution in [0.1, 0.15) is 6.92 Å². The number of rotatable bonds is 2. The smallest absolute Gasteiger partial charge is 0.423 e. The summed E-state index contributed by atoms with van der Waals surface area (Å²) in [6, 6.07) is 0. The van der Waals surface area contributed by atoms with Crippen molar-refractivity contribution in [1.29, 1.82) is 0 Å². The molecule has 0 aromatic carbocycles. The average Bonchev–Trinajstić information content (AvgIpc) is 1.63. The number of hydrogen-bond acceptors (Lipinski definition) is 2. The van der Waals surface area contributed by atoms with Crippen molar-refractivity contribution in [3.05, 3.63) is 23.2 Å². The highest BCUT2D eigenvalue weighted by Crippen LogP contribution is 2.03. The van der Waals surface area contributed by atoms with Crippen molar-refractivity contribution >= 4 is 18.7 Å². The van der Waals surface area contributed by atoms with Crippen molar-refractivity contribution < 1.29 is 10.0 Å². The van der Waals surface area contributed by atoms with E-state index < -0.39 is 7.12 Å². The molecule has 0 aliphatic heterocycles. The molecule has 2 nitrogen and oxygen atoms in total. The Morgan fingerprint density at radius 1 is 1.67 bits per heavy atom. The van der Waals surface area contributed by atoms with Crippen molar-refractivity contribution in [3.8, 4) is 0 Å². The molecule has 0 aliphatic rings. The maximum atomic E-state index is 8.42. The summed E-state index contributed by atoms with van der Waals surface area (Å²) in [5.74, 6) is 0. The van der Waals surface area contributed by atoms with Gasteiger partial charge in [-0.15, -0.1) is 0 Å². The molecule has 0 saturated carbocycles. The zero-order valence-corrected chi connectivity index (χ0v) is 5.89. The zero-order chi connectivity index (χ0) is 7.44. The molecular formula is C5H8BClO2. The van der Waals surface area contributed by atoms with E-state index in [4.69, 9.17) is 21.6 Å². The van der Waals surface area contributed by atoms with Gasteiger partial charge in [-0.05, 0) is 18.5 Å². The molecule has 0 atom stereocenters. The molecule has 0 spiro atoms. The van der Waals surface area contributed by atoms with E-state index >= 15 is 0 Å². The Morgan fingerprint density at radius 2 is 2.11 bits per heavy atom. The monoisotopic (exact) mass is 146 g/mol. The highest BCUT2D eigenvalue weighted by Gasteiger charge is 2.08. The van der Waals surface area contributed by atoms with Gasteiger partial charge in [0.05, 0.1) is 0 Å². The van der Waals surface area contributed by atoms with Crippen LogP contribution in [0.3, 0.4) is 0 Å². The van der Waals surface area contributed by atoms with Gasteiger partial charge < -0.3 is 10.0 Å². The Hall–Kier alpha value is -0.245. The second kappa shape index (κ2) is 3.72. The molecule has 0 aliphatic carbocycles. The van der Waals surface area contributed by atoms with Gasteiger partial charge in [0.25, 0.3) is 0 Å². The fourth-order valence-corrected chi connectivity index (χ4v) is 0.470. The van der Waals surface area contributed by atoms with Gasteiger partial charge in [-0.25, -0.2) is 0 Å². The summed E-state index contributed by atoms with van der Waals surface area (Å²) in [7, 11) is -1.50. The predicted molar refractivity (Wildman–Crippen MR) is 38.9 cm³/mol. The van der Waals surface area contributed by atoms with Crippen LogP contribution in [0.15, 0.2) is 23.2 Å². The van der Waals surface area contributed by atoms with Gasteiger partial charge in [0.1, 0.15) is 0 Å². The fraction of sp³-hybridized carbons (Fsp3) is 0.200. The van der Waals surface area contributed by atoms with E-state index in [1.54, 1.807) is 6.92 Å². The van der Waals surface area contributed by atoms with E-state index in [9.17, 15) is 0 Å². The van der Waals surface area contributed by atoms with Crippen LogP contribution >= 0.6 is 11.6 Å². The molecule has 0 amide bonds. The second-order valence-electron chi connectivity index (χ2n) is 1.68. The molecule has 4 heteroatoms. The normalized spacial score (nSPS) is 11.3. The van der Waals surface area contributed by atoms with E-state index in [0.29, 0.717) is 5.03 Å². The van der Waals surface area contributed by atoms with E-state index in [1.165, 1.54) is 6.08 Å². The van der Waals surface area contributed by atoms with E-state index in [0.717, 1.165) is 0 Å². The fourth-order valence-electron chi connectivity index (χ4n) is 0.330. The third kappa shape index (κ3) is 4.27. The highest BCUT2D eigenvalue weighted by molar-refractivity contribution is 6.52. The summed E-state index contributed by atoms with van der Waals surface area (Å²) >= 11 is 5.39. The van der Waals surface area contributed by atoms with E-state index in [1.807, 2.05) is 0 Å². The maximum Gasteiger partial charge on any atom is 0.487 e. The molecule has 0 unspecified atom stereocenters. The first kappa shape index (κ1) is 8.75. The van der Waals surface area contributed by atoms with Gasteiger partial charge >= 0.3 is 7.12 Å². The first-order valence-electron chi connectivity index (χ1n) is 2.42. The summed E-state index contributed by atoms with van der Waals surface area (Å²) in [6.07, 6.45) is 1.40. The van der Waals surface area contributed by atoms with Gasteiger partial charge in [0.15, 0.2) is 0 Å². The van der Waals surface area contributed by atoms with Gasteiger partial charge in [0.2, 0.25) is 0 Å². The minimum atomic E-state index is -1.50. The molecule has 0 heterocycles. The molecule has 0 saturated heterocycles. The minimum Gasteiger partial charge on any atom is -0.423 e. The Morgan fingerprint density at radius 3 is 2.22 bits per heavy atom. The summed E-state index contributed by atoms with van der Waals surface area (Å²) in [5.41, 5.74) is 0.197. The third-order valence-corrected chi connectivity index (χ3v) is 0.825. The van der Waals surface area contributed by atoms with Crippen LogP contribution in [0.4, 0.5) is 0 Å². The highest BCUT2D eigenvalue weighted by atomic mass is 35.5. The molecule has 0 radical (unpaired) electrons. The van der Waals surface area contributed by atoms with Crippen LogP contribution in [0.2, 0.25) is 0 Å². The summed E-state index contributed by atoms with van der Waals surface area (Å²) in [6.45, 7) is 4.97. The lowest BCUT2D eigenvalue weighted by molar-refractivity contribution is 0.421. The average molecular weight is 146 g/mol. The van der Waals surface area contributed by atoms with Crippen LogP contribution in [-0.2, 0) is 0 Å². The molecule has 0 aromatic heterocycles. The standard InChI is InChI=1S/C5H8BClO2/c1-4(6(8)9)3-5(2)7/h3,8-9H,1H2,2H3/b5-3+. The SMILES string of the molecule is C=C(/C=C(\C)Cl)B(O)O. The third-order valence-electron chi connectivity index (χ3n) is 0.716. The Labute approximate surface area is 59.6 Å². The van der Waals surface area contributed by atoms with Crippen molar-refractivity contribution in [2.45, 2.75) is 6.92 Å². The lowest BCUT2D eigenvalue weighted by Gasteiger charge is -1.94. The Balaban J connectivity index is 3.93. The number of hydrogen-bond donors (Lipinski definition) is 2. The minimum absolute atomic E-state index is 0.197. The van der Waals surface area contributed by atoms with Gasteiger partial charge in [-0.3, -0.25) is 0 Å². The largest absolute Gasteiger partial charge is 0.487 e. The molecule has 2 N–H and O–H groups in total. The summed E-state index contributed by atoms with van der Waals surface area (Å²) in [5, 5.41) is 17.3. The van der Waals surface area contributed by atoms with Crippen LogP contribution in [-0.4, -0.2) is 17.2 Å². The molecule has 9 heavy (non-hydrogen) atoms. The first-order chi connectivity index (χ1) is 4.04. The van der Waals surface area contributed by atoms with Gasteiger partial charge in [0, 0.05) is 5.03 Å². The topological polar surface area (TPSA) is 40.5 Å². The first-order valence-corrected chi connectivity index (χ1v) is 2.80. The van der Waals surface area contributed by atoms with Crippen LogP contribution in [0.5, 0.6) is 0 Å². The van der Waals surface area contributed by atoms with E-state index in [-0.39, 0.29) is 5.47 Å². The lowest BCUT2D eigenvalue weighted by Crippen LogP contribution is -2.12. The van der Waals surface area contributed by atoms with Crippen LogP contribution in [0, 0.1) is 0 Å². The van der Waals surface area contributed by atoms with Crippen molar-refractivity contribution in [3.63, 3.8) is 0 Å². The molecule has 0 bridgehead atoms. The van der Waals surface area contributed by atoms with Crippen molar-refractivity contribution in [1.82, 2.24) is 0 Å². The van der Waals surface area contributed by atoms with Crippen LogP contribution in [0.25, 0.3) is 0 Å². The molecule has 0 rings (SSSR count). The van der Waals surface area contributed by atoms with Crippen LogP contribution < -0.4 is 0 Å². The Kier molecular flexibility index (Phi) is 3.62. The molecular weight excluding hydrogens is 138 g/mol. The Bertz CT molecular complexity index is 138.